The number of benzene rings is 1. The van der Waals surface area contributed by atoms with Crippen LogP contribution in [0.25, 0.3) is 0 Å². The number of anilines is 1. The van der Waals surface area contributed by atoms with E-state index >= 15 is 0 Å². The lowest BCUT2D eigenvalue weighted by atomic mass is 10.1. The molecule has 1 aromatic heterocycles. The number of piperazine rings is 1. The van der Waals surface area contributed by atoms with E-state index < -0.39 is 0 Å². The van der Waals surface area contributed by atoms with Gasteiger partial charge < -0.3 is 24.4 Å². The summed E-state index contributed by atoms with van der Waals surface area (Å²) in [5.41, 5.74) is 1.11. The number of nitrogens with zero attached hydrogens (tertiary/aromatic N) is 6. The molecule has 0 spiro atoms. The van der Waals surface area contributed by atoms with Crippen LogP contribution in [0.4, 0.5) is 5.69 Å². The smallest absolute Gasteiger partial charge is 0.194 e. The third-order valence-electron chi connectivity index (χ3n) is 5.94. The summed E-state index contributed by atoms with van der Waals surface area (Å²) in [6.07, 6.45) is 3.78. The quantitative estimate of drug-likeness (QED) is 0.312. The molecule has 1 aromatic carbocycles. The Morgan fingerprint density at radius 3 is 2.78 bits per heavy atom. The van der Waals surface area contributed by atoms with E-state index in [4.69, 9.17) is 21.3 Å². The van der Waals surface area contributed by atoms with Crippen molar-refractivity contribution >= 4 is 47.2 Å². The molecule has 0 radical (unpaired) electrons. The lowest BCUT2D eigenvalue weighted by Gasteiger charge is -2.38. The predicted molar refractivity (Wildman–Crippen MR) is 139 cm³/mol. The average molecular weight is 574 g/mol. The molecule has 32 heavy (non-hydrogen) atoms. The maximum atomic E-state index is 6.41. The van der Waals surface area contributed by atoms with Crippen molar-refractivity contribution in [2.75, 3.05) is 57.4 Å². The minimum Gasteiger partial charge on any atom is -0.381 e. The van der Waals surface area contributed by atoms with E-state index in [0.717, 1.165) is 94.4 Å². The molecule has 0 aliphatic carbocycles. The van der Waals surface area contributed by atoms with Crippen LogP contribution in [0.15, 0.2) is 35.6 Å². The molecule has 2 aromatic rings. The summed E-state index contributed by atoms with van der Waals surface area (Å²) >= 11 is 6.41. The van der Waals surface area contributed by atoms with Crippen molar-refractivity contribution in [3.05, 3.63) is 41.4 Å². The van der Waals surface area contributed by atoms with E-state index in [1.807, 2.05) is 18.2 Å². The van der Waals surface area contributed by atoms with Crippen molar-refractivity contribution < 1.29 is 4.74 Å². The van der Waals surface area contributed by atoms with Gasteiger partial charge in [-0.3, -0.25) is 4.99 Å². The summed E-state index contributed by atoms with van der Waals surface area (Å²) in [4.78, 5) is 9.68. The van der Waals surface area contributed by atoms with Crippen molar-refractivity contribution in [3.8, 4) is 0 Å². The first-order valence-corrected chi connectivity index (χ1v) is 11.6. The molecule has 176 valence electrons. The van der Waals surface area contributed by atoms with Crippen molar-refractivity contribution in [2.45, 2.75) is 26.3 Å². The van der Waals surface area contributed by atoms with Crippen molar-refractivity contribution in [3.63, 3.8) is 0 Å². The van der Waals surface area contributed by atoms with E-state index in [0.29, 0.717) is 5.92 Å². The third-order valence-corrected chi connectivity index (χ3v) is 6.26. The van der Waals surface area contributed by atoms with E-state index in [-0.39, 0.29) is 24.0 Å². The second kappa shape index (κ2) is 12.6. The minimum atomic E-state index is 0. The Bertz CT molecular complexity index is 863. The van der Waals surface area contributed by atoms with Crippen LogP contribution in [0, 0.1) is 5.92 Å². The Kier molecular flexibility index (Phi) is 9.86. The van der Waals surface area contributed by atoms with E-state index in [9.17, 15) is 0 Å². The molecule has 1 unspecified atom stereocenters. The van der Waals surface area contributed by atoms with Crippen LogP contribution in [-0.2, 0) is 17.7 Å². The monoisotopic (exact) mass is 573 g/mol. The Morgan fingerprint density at radius 2 is 2.06 bits per heavy atom. The number of para-hydroxylation sites is 1. The maximum Gasteiger partial charge on any atom is 0.194 e. The summed E-state index contributed by atoms with van der Waals surface area (Å²) in [5.74, 6) is 2.51. The molecule has 8 nitrogen and oxygen atoms in total. The normalized spacial score (nSPS) is 19.2. The minimum absolute atomic E-state index is 0. The zero-order valence-corrected chi connectivity index (χ0v) is 21.7. The molecule has 0 amide bonds. The first kappa shape index (κ1) is 25.0. The average Bonchev–Trinajstić information content (AvgIpc) is 3.48. The standard InChI is InChI=1S/C22H32ClN7O.HI/c1-2-21-27-26-17-30(21)9-8-24-22(25-15-18-7-14-31-16-18)29-12-10-28(11-13-29)20-6-4-3-5-19(20)23;/h3-6,17-18H,2,7-16H2,1H3,(H,24,25);1H. The fourth-order valence-corrected chi connectivity index (χ4v) is 4.36. The van der Waals surface area contributed by atoms with Crippen LogP contribution < -0.4 is 10.2 Å². The Morgan fingerprint density at radius 1 is 1.25 bits per heavy atom. The number of hydrogen-bond acceptors (Lipinski definition) is 5. The number of ether oxygens (including phenoxy) is 1. The van der Waals surface area contributed by atoms with Gasteiger partial charge in [-0.1, -0.05) is 30.7 Å². The molecule has 2 aliphatic rings. The molecule has 1 atom stereocenters. The molecule has 2 aliphatic heterocycles. The SMILES string of the molecule is CCc1nncn1CCNC(=NCC1CCOC1)N1CCN(c2ccccc2Cl)CC1.I. The van der Waals surface area contributed by atoms with Crippen LogP contribution in [0.5, 0.6) is 0 Å². The zero-order chi connectivity index (χ0) is 21.5. The van der Waals surface area contributed by atoms with Crippen LogP contribution in [-0.4, -0.2) is 78.1 Å². The molecule has 0 bridgehead atoms. The van der Waals surface area contributed by atoms with Gasteiger partial charge in [0.15, 0.2) is 5.96 Å². The fourth-order valence-electron chi connectivity index (χ4n) is 4.11. The molecule has 4 rings (SSSR count). The highest BCUT2D eigenvalue weighted by molar-refractivity contribution is 14.0. The first-order chi connectivity index (χ1) is 15.2. The number of rotatable bonds is 7. The van der Waals surface area contributed by atoms with Gasteiger partial charge in [0, 0.05) is 64.8 Å². The van der Waals surface area contributed by atoms with Crippen LogP contribution in [0.3, 0.4) is 0 Å². The van der Waals surface area contributed by atoms with E-state index in [1.54, 1.807) is 6.33 Å². The second-order valence-electron chi connectivity index (χ2n) is 8.04. The van der Waals surface area contributed by atoms with Gasteiger partial charge in [-0.15, -0.1) is 34.2 Å². The highest BCUT2D eigenvalue weighted by atomic mass is 127. The molecule has 3 heterocycles. The Hall–Kier alpha value is -1.59. The van der Waals surface area contributed by atoms with Crippen molar-refractivity contribution in [1.82, 2.24) is 25.0 Å². The van der Waals surface area contributed by atoms with Crippen molar-refractivity contribution in [2.24, 2.45) is 10.9 Å². The van der Waals surface area contributed by atoms with Crippen LogP contribution in [0.2, 0.25) is 5.02 Å². The fraction of sp³-hybridized carbons (Fsp3) is 0.591. The highest BCUT2D eigenvalue weighted by Crippen LogP contribution is 2.26. The molecular weight excluding hydrogens is 541 g/mol. The van der Waals surface area contributed by atoms with Gasteiger partial charge in [-0.2, -0.15) is 0 Å². The lowest BCUT2D eigenvalue weighted by molar-refractivity contribution is 0.187. The summed E-state index contributed by atoms with van der Waals surface area (Å²) in [6.45, 7) is 9.84. The summed E-state index contributed by atoms with van der Waals surface area (Å²) in [7, 11) is 0. The molecular formula is C22H33ClIN7O. The number of nitrogens with one attached hydrogen (secondary N) is 1. The van der Waals surface area contributed by atoms with Gasteiger partial charge >= 0.3 is 0 Å². The summed E-state index contributed by atoms with van der Waals surface area (Å²) in [6, 6.07) is 8.07. The maximum absolute atomic E-state index is 6.41. The predicted octanol–water partition coefficient (Wildman–Crippen LogP) is 2.92. The lowest BCUT2D eigenvalue weighted by Crippen LogP contribution is -2.53. The molecule has 0 saturated carbocycles. The zero-order valence-electron chi connectivity index (χ0n) is 18.6. The van der Waals surface area contributed by atoms with E-state index in [2.05, 4.69) is 42.9 Å². The van der Waals surface area contributed by atoms with Crippen LogP contribution >= 0.6 is 35.6 Å². The molecule has 2 fully saturated rings. The van der Waals surface area contributed by atoms with E-state index in [1.165, 1.54) is 0 Å². The van der Waals surface area contributed by atoms with Gasteiger partial charge in [0.05, 0.1) is 17.3 Å². The summed E-state index contributed by atoms with van der Waals surface area (Å²) < 4.78 is 7.63. The molecule has 2 saturated heterocycles. The van der Waals surface area contributed by atoms with Crippen LogP contribution in [0.1, 0.15) is 19.2 Å². The summed E-state index contributed by atoms with van der Waals surface area (Å²) in [5, 5.41) is 12.6. The van der Waals surface area contributed by atoms with Crippen molar-refractivity contribution in [1.29, 1.82) is 0 Å². The second-order valence-corrected chi connectivity index (χ2v) is 8.45. The number of aryl methyl sites for hydroxylation is 1. The number of halogens is 2. The third kappa shape index (κ3) is 6.48. The Labute approximate surface area is 212 Å². The largest absolute Gasteiger partial charge is 0.381 e. The number of aliphatic imine (C=N–C) groups is 1. The number of guanidine groups is 1. The Balaban J connectivity index is 0.00000289. The van der Waals surface area contributed by atoms with Gasteiger partial charge in [-0.25, -0.2) is 0 Å². The molecule has 1 N–H and O–H groups in total. The highest BCUT2D eigenvalue weighted by Gasteiger charge is 2.22. The number of hydrogen-bond donors (Lipinski definition) is 1. The topological polar surface area (TPSA) is 70.8 Å². The first-order valence-electron chi connectivity index (χ1n) is 11.2. The van der Waals surface area contributed by atoms with Gasteiger partial charge in [-0.05, 0) is 18.6 Å². The van der Waals surface area contributed by atoms with Gasteiger partial charge in [0.2, 0.25) is 0 Å². The molecule has 10 heteroatoms. The number of aromatic nitrogens is 3. The van der Waals surface area contributed by atoms with Gasteiger partial charge in [0.1, 0.15) is 12.2 Å². The van der Waals surface area contributed by atoms with Gasteiger partial charge in [0.25, 0.3) is 0 Å².